The second-order valence-corrected chi connectivity index (χ2v) is 5.37. The molecule has 1 aliphatic rings. The molecule has 1 N–H and O–H groups in total. The smallest absolute Gasteiger partial charge is 0.260 e. The highest BCUT2D eigenvalue weighted by molar-refractivity contribution is 5.78. The number of nitrogens with one attached hydrogen (secondary N) is 1. The molecule has 6 nitrogen and oxygen atoms in total. The summed E-state index contributed by atoms with van der Waals surface area (Å²) in [7, 11) is 0. The first kappa shape index (κ1) is 14.6. The number of piperazine rings is 1. The van der Waals surface area contributed by atoms with Gasteiger partial charge in [-0.25, -0.2) is 4.39 Å². The van der Waals surface area contributed by atoms with Crippen LogP contribution < -0.4 is 5.32 Å². The van der Waals surface area contributed by atoms with E-state index < -0.39 is 5.82 Å². The Kier molecular flexibility index (Phi) is 4.15. The van der Waals surface area contributed by atoms with Crippen LogP contribution in [0.25, 0.3) is 11.5 Å². The first-order valence-corrected chi connectivity index (χ1v) is 7.22. The number of halogens is 1. The summed E-state index contributed by atoms with van der Waals surface area (Å²) in [6.07, 6.45) is 0.0602. The normalized spacial score (nSPS) is 18.5. The number of carbonyl (C=O) groups is 1. The fourth-order valence-electron chi connectivity index (χ4n) is 2.48. The molecule has 0 saturated carbocycles. The van der Waals surface area contributed by atoms with Gasteiger partial charge in [0.25, 0.3) is 5.89 Å². The molecule has 7 heteroatoms. The maximum Gasteiger partial charge on any atom is 0.260 e. The van der Waals surface area contributed by atoms with Gasteiger partial charge in [-0.05, 0) is 19.1 Å². The van der Waals surface area contributed by atoms with Crippen molar-refractivity contribution in [1.29, 1.82) is 0 Å². The molecule has 0 radical (unpaired) electrons. The van der Waals surface area contributed by atoms with Gasteiger partial charge in [-0.15, -0.1) is 0 Å². The van der Waals surface area contributed by atoms with Gasteiger partial charge in [0.15, 0.2) is 5.82 Å². The largest absolute Gasteiger partial charge is 0.339 e. The van der Waals surface area contributed by atoms with Crippen LogP contribution in [0.3, 0.4) is 0 Å². The van der Waals surface area contributed by atoms with Crippen LogP contribution in [0.15, 0.2) is 28.8 Å². The van der Waals surface area contributed by atoms with Crippen molar-refractivity contribution in [2.75, 3.05) is 19.6 Å². The summed E-state index contributed by atoms with van der Waals surface area (Å²) >= 11 is 0. The van der Waals surface area contributed by atoms with Crippen LogP contribution in [-0.2, 0) is 11.2 Å². The lowest BCUT2D eigenvalue weighted by Gasteiger charge is -2.31. The second kappa shape index (κ2) is 6.23. The SMILES string of the molecule is CC1CN(C(=O)Cc2noc(-c3ccccc3F)n2)CCN1. The molecule has 22 heavy (non-hydrogen) atoms. The minimum absolute atomic E-state index is 0.0470. The molecule has 0 aliphatic carbocycles. The molecule has 1 fully saturated rings. The van der Waals surface area contributed by atoms with E-state index in [9.17, 15) is 9.18 Å². The Hall–Kier alpha value is -2.28. The molecule has 1 aliphatic heterocycles. The van der Waals surface area contributed by atoms with Gasteiger partial charge in [0, 0.05) is 25.7 Å². The van der Waals surface area contributed by atoms with E-state index in [1.54, 1.807) is 23.1 Å². The van der Waals surface area contributed by atoms with Crippen molar-refractivity contribution in [3.63, 3.8) is 0 Å². The summed E-state index contributed by atoms with van der Waals surface area (Å²) in [5, 5.41) is 7.05. The Morgan fingerprint density at radius 3 is 3.09 bits per heavy atom. The molecular weight excluding hydrogens is 287 g/mol. The lowest BCUT2D eigenvalue weighted by atomic mass is 10.2. The molecule has 0 spiro atoms. The number of rotatable bonds is 3. The molecule has 2 heterocycles. The first-order valence-electron chi connectivity index (χ1n) is 7.22. The second-order valence-electron chi connectivity index (χ2n) is 5.37. The summed E-state index contributed by atoms with van der Waals surface area (Å²) in [6.45, 7) is 4.14. The van der Waals surface area contributed by atoms with Crippen LogP contribution in [0.4, 0.5) is 4.39 Å². The minimum atomic E-state index is -0.431. The third-order valence-electron chi connectivity index (χ3n) is 3.60. The molecule has 1 atom stereocenters. The fourth-order valence-corrected chi connectivity index (χ4v) is 2.48. The number of hydrogen-bond donors (Lipinski definition) is 1. The topological polar surface area (TPSA) is 71.3 Å². The summed E-state index contributed by atoms with van der Waals surface area (Å²) in [5.41, 5.74) is 0.240. The van der Waals surface area contributed by atoms with Crippen LogP contribution >= 0.6 is 0 Å². The Bertz CT molecular complexity index is 673. The molecule has 3 rings (SSSR count). The third kappa shape index (κ3) is 3.14. The predicted molar refractivity (Wildman–Crippen MR) is 77.4 cm³/mol. The summed E-state index contributed by atoms with van der Waals surface area (Å²) in [4.78, 5) is 18.1. The first-order chi connectivity index (χ1) is 10.6. The lowest BCUT2D eigenvalue weighted by Crippen LogP contribution is -2.51. The highest BCUT2D eigenvalue weighted by atomic mass is 19.1. The monoisotopic (exact) mass is 304 g/mol. The summed E-state index contributed by atoms with van der Waals surface area (Å²) < 4.78 is 18.7. The number of nitrogens with zero attached hydrogens (tertiary/aromatic N) is 3. The lowest BCUT2D eigenvalue weighted by molar-refractivity contribution is -0.131. The Morgan fingerprint density at radius 2 is 2.32 bits per heavy atom. The molecule has 1 aromatic carbocycles. The van der Waals surface area contributed by atoms with E-state index in [2.05, 4.69) is 15.5 Å². The molecule has 1 amide bonds. The molecule has 0 bridgehead atoms. The zero-order valence-electron chi connectivity index (χ0n) is 12.3. The van der Waals surface area contributed by atoms with Crippen LogP contribution in [-0.4, -0.2) is 46.6 Å². The van der Waals surface area contributed by atoms with Gasteiger partial charge in [-0.2, -0.15) is 4.98 Å². The number of carbonyl (C=O) groups excluding carboxylic acids is 1. The van der Waals surface area contributed by atoms with E-state index in [-0.39, 0.29) is 35.6 Å². The highest BCUT2D eigenvalue weighted by Crippen LogP contribution is 2.20. The van der Waals surface area contributed by atoms with Crippen LogP contribution in [0.5, 0.6) is 0 Å². The van der Waals surface area contributed by atoms with E-state index in [0.29, 0.717) is 13.1 Å². The van der Waals surface area contributed by atoms with Gasteiger partial charge in [0.05, 0.1) is 12.0 Å². The van der Waals surface area contributed by atoms with Gasteiger partial charge in [-0.1, -0.05) is 17.3 Å². The number of aromatic nitrogens is 2. The molecule has 2 aromatic rings. The quantitative estimate of drug-likeness (QED) is 0.923. The molecule has 1 saturated heterocycles. The Labute approximate surface area is 127 Å². The molecule has 1 aromatic heterocycles. The Balaban J connectivity index is 1.69. The van der Waals surface area contributed by atoms with Crippen molar-refractivity contribution >= 4 is 5.91 Å². The van der Waals surface area contributed by atoms with Gasteiger partial charge in [0.2, 0.25) is 5.91 Å². The maximum atomic E-state index is 13.7. The van der Waals surface area contributed by atoms with Crippen molar-refractivity contribution in [2.45, 2.75) is 19.4 Å². The molecule has 1 unspecified atom stereocenters. The Morgan fingerprint density at radius 1 is 1.50 bits per heavy atom. The van der Waals surface area contributed by atoms with Crippen molar-refractivity contribution < 1.29 is 13.7 Å². The minimum Gasteiger partial charge on any atom is -0.339 e. The fraction of sp³-hybridized carbons (Fsp3) is 0.400. The van der Waals surface area contributed by atoms with Crippen LogP contribution in [0.1, 0.15) is 12.7 Å². The van der Waals surface area contributed by atoms with E-state index in [1.165, 1.54) is 6.07 Å². The average Bonchev–Trinajstić information content (AvgIpc) is 2.96. The van der Waals surface area contributed by atoms with Crippen molar-refractivity contribution in [1.82, 2.24) is 20.4 Å². The van der Waals surface area contributed by atoms with Gasteiger partial charge in [-0.3, -0.25) is 4.79 Å². The van der Waals surface area contributed by atoms with E-state index >= 15 is 0 Å². The van der Waals surface area contributed by atoms with Gasteiger partial charge >= 0.3 is 0 Å². The molecule has 116 valence electrons. The third-order valence-corrected chi connectivity index (χ3v) is 3.60. The zero-order valence-corrected chi connectivity index (χ0v) is 12.3. The van der Waals surface area contributed by atoms with Crippen molar-refractivity contribution in [3.05, 3.63) is 35.9 Å². The van der Waals surface area contributed by atoms with E-state index in [4.69, 9.17) is 4.52 Å². The zero-order chi connectivity index (χ0) is 15.5. The maximum absolute atomic E-state index is 13.7. The highest BCUT2D eigenvalue weighted by Gasteiger charge is 2.22. The number of benzene rings is 1. The average molecular weight is 304 g/mol. The van der Waals surface area contributed by atoms with E-state index in [1.807, 2.05) is 6.92 Å². The summed E-state index contributed by atoms with van der Waals surface area (Å²) in [5.74, 6) is -0.113. The van der Waals surface area contributed by atoms with Gasteiger partial charge in [0.1, 0.15) is 5.82 Å². The van der Waals surface area contributed by atoms with Crippen LogP contribution in [0.2, 0.25) is 0 Å². The number of hydrogen-bond acceptors (Lipinski definition) is 5. The van der Waals surface area contributed by atoms with E-state index in [0.717, 1.165) is 6.54 Å². The molecular formula is C15H17FN4O2. The predicted octanol–water partition coefficient (Wildman–Crippen LogP) is 1.24. The number of amides is 1. The standard InChI is InChI=1S/C15H17FN4O2/c1-10-9-20(7-6-17-10)14(21)8-13-18-15(22-19-13)11-4-2-3-5-12(11)16/h2-5,10,17H,6-9H2,1H3. The van der Waals surface area contributed by atoms with Gasteiger partial charge < -0.3 is 14.7 Å². The van der Waals surface area contributed by atoms with Crippen molar-refractivity contribution in [2.24, 2.45) is 0 Å². The van der Waals surface area contributed by atoms with Crippen molar-refractivity contribution in [3.8, 4) is 11.5 Å². The summed E-state index contributed by atoms with van der Waals surface area (Å²) in [6, 6.07) is 6.44. The van der Waals surface area contributed by atoms with Crippen LogP contribution in [0, 0.1) is 5.82 Å².